The highest BCUT2D eigenvalue weighted by Gasteiger charge is 2.29. The second-order valence-corrected chi connectivity index (χ2v) is 5.08. The van der Waals surface area contributed by atoms with E-state index in [1.54, 1.807) is 4.90 Å². The van der Waals surface area contributed by atoms with E-state index in [0.29, 0.717) is 6.54 Å². The molecule has 0 radical (unpaired) electrons. The molecule has 1 atom stereocenters. The third-order valence-corrected chi connectivity index (χ3v) is 3.81. The van der Waals surface area contributed by atoms with E-state index in [9.17, 15) is 4.79 Å². The first-order valence-corrected chi connectivity index (χ1v) is 6.96. The Bertz CT molecular complexity index is 402. The summed E-state index contributed by atoms with van der Waals surface area (Å²) < 4.78 is 0. The predicted molar refractivity (Wildman–Crippen MR) is 74.4 cm³/mol. The van der Waals surface area contributed by atoms with Crippen molar-refractivity contribution in [1.29, 1.82) is 0 Å². The Morgan fingerprint density at radius 3 is 2.53 bits per heavy atom. The van der Waals surface area contributed by atoms with Crippen molar-refractivity contribution in [2.24, 2.45) is 5.73 Å². The highest BCUT2D eigenvalue weighted by Crippen LogP contribution is 2.25. The van der Waals surface area contributed by atoms with E-state index in [2.05, 4.69) is 0 Å². The highest BCUT2D eigenvalue weighted by atomic mass is 16.3. The SMILES string of the molecule is N[C@H](C(=O)N(CCO)C1CCCC1)c1ccccc1. The van der Waals surface area contributed by atoms with Gasteiger partial charge in [0, 0.05) is 12.6 Å². The Morgan fingerprint density at radius 2 is 1.95 bits per heavy atom. The molecule has 0 bridgehead atoms. The fourth-order valence-electron chi connectivity index (χ4n) is 2.78. The summed E-state index contributed by atoms with van der Waals surface area (Å²) >= 11 is 0. The minimum Gasteiger partial charge on any atom is -0.395 e. The van der Waals surface area contributed by atoms with Crippen molar-refractivity contribution >= 4 is 5.91 Å². The molecule has 4 nitrogen and oxygen atoms in total. The Labute approximate surface area is 114 Å². The third kappa shape index (κ3) is 3.33. The number of aliphatic hydroxyl groups excluding tert-OH is 1. The number of carbonyl (C=O) groups is 1. The molecule has 2 rings (SSSR count). The van der Waals surface area contributed by atoms with Crippen LogP contribution in [0.5, 0.6) is 0 Å². The number of rotatable bonds is 5. The molecule has 4 heteroatoms. The number of hydrogen-bond donors (Lipinski definition) is 2. The standard InChI is InChI=1S/C15H22N2O2/c16-14(12-6-2-1-3-7-12)15(19)17(10-11-18)13-8-4-5-9-13/h1-3,6-7,13-14,18H,4-5,8-11,16H2/t14-/m0/s1. The summed E-state index contributed by atoms with van der Waals surface area (Å²) in [4.78, 5) is 14.3. The van der Waals surface area contributed by atoms with E-state index in [0.717, 1.165) is 31.2 Å². The average Bonchev–Trinajstić information content (AvgIpc) is 2.98. The fraction of sp³-hybridized carbons (Fsp3) is 0.533. The van der Waals surface area contributed by atoms with E-state index in [-0.39, 0.29) is 18.6 Å². The molecule has 1 aromatic carbocycles. The van der Waals surface area contributed by atoms with E-state index >= 15 is 0 Å². The Kier molecular flexibility index (Phi) is 4.93. The molecule has 0 heterocycles. The van der Waals surface area contributed by atoms with Gasteiger partial charge in [-0.15, -0.1) is 0 Å². The summed E-state index contributed by atoms with van der Waals surface area (Å²) in [6.07, 6.45) is 4.35. The van der Waals surface area contributed by atoms with Crippen LogP contribution in [0, 0.1) is 0 Å². The first-order valence-electron chi connectivity index (χ1n) is 6.96. The van der Waals surface area contributed by atoms with Gasteiger partial charge in [-0.05, 0) is 18.4 Å². The van der Waals surface area contributed by atoms with Crippen molar-refractivity contribution in [2.75, 3.05) is 13.2 Å². The van der Waals surface area contributed by atoms with Crippen LogP contribution < -0.4 is 5.73 Å². The van der Waals surface area contributed by atoms with Crippen LogP contribution in [-0.2, 0) is 4.79 Å². The summed E-state index contributed by atoms with van der Waals surface area (Å²) in [5.74, 6) is -0.0767. The molecule has 0 unspecified atom stereocenters. The molecule has 1 aliphatic rings. The number of nitrogens with zero attached hydrogens (tertiary/aromatic N) is 1. The number of hydrogen-bond acceptors (Lipinski definition) is 3. The predicted octanol–water partition coefficient (Wildman–Crippen LogP) is 1.45. The summed E-state index contributed by atoms with van der Waals surface area (Å²) in [5.41, 5.74) is 6.89. The van der Waals surface area contributed by atoms with Crippen LogP contribution in [-0.4, -0.2) is 35.1 Å². The lowest BCUT2D eigenvalue weighted by Gasteiger charge is -2.30. The number of nitrogens with two attached hydrogens (primary N) is 1. The lowest BCUT2D eigenvalue weighted by molar-refractivity contribution is -0.135. The molecule has 1 fully saturated rings. The first kappa shape index (κ1) is 14.0. The van der Waals surface area contributed by atoms with Crippen LogP contribution in [0.25, 0.3) is 0 Å². The number of carbonyl (C=O) groups excluding carboxylic acids is 1. The fourth-order valence-corrected chi connectivity index (χ4v) is 2.78. The van der Waals surface area contributed by atoms with Crippen molar-refractivity contribution in [3.8, 4) is 0 Å². The molecular weight excluding hydrogens is 240 g/mol. The molecule has 0 spiro atoms. The Hall–Kier alpha value is -1.39. The molecule has 3 N–H and O–H groups in total. The molecule has 104 valence electrons. The van der Waals surface area contributed by atoms with Crippen LogP contribution in [0.3, 0.4) is 0 Å². The minimum absolute atomic E-state index is 0.0102. The quantitative estimate of drug-likeness (QED) is 0.844. The van der Waals surface area contributed by atoms with Crippen molar-refractivity contribution in [3.63, 3.8) is 0 Å². The van der Waals surface area contributed by atoms with Gasteiger partial charge in [0.2, 0.25) is 5.91 Å². The largest absolute Gasteiger partial charge is 0.395 e. The van der Waals surface area contributed by atoms with Gasteiger partial charge in [-0.2, -0.15) is 0 Å². The molecule has 0 saturated heterocycles. The van der Waals surface area contributed by atoms with Gasteiger partial charge in [0.1, 0.15) is 6.04 Å². The molecular formula is C15H22N2O2. The van der Waals surface area contributed by atoms with Crippen LogP contribution >= 0.6 is 0 Å². The maximum Gasteiger partial charge on any atom is 0.244 e. The second kappa shape index (κ2) is 6.68. The van der Waals surface area contributed by atoms with Crippen LogP contribution in [0.4, 0.5) is 0 Å². The summed E-state index contributed by atoms with van der Waals surface area (Å²) in [6, 6.07) is 9.03. The lowest BCUT2D eigenvalue weighted by atomic mass is 10.1. The van der Waals surface area contributed by atoms with Gasteiger partial charge in [-0.1, -0.05) is 43.2 Å². The zero-order valence-corrected chi connectivity index (χ0v) is 11.2. The molecule has 1 saturated carbocycles. The maximum atomic E-state index is 12.5. The molecule has 0 aromatic heterocycles. The van der Waals surface area contributed by atoms with E-state index < -0.39 is 6.04 Å². The Morgan fingerprint density at radius 1 is 1.32 bits per heavy atom. The second-order valence-electron chi connectivity index (χ2n) is 5.08. The first-order chi connectivity index (χ1) is 9.24. The average molecular weight is 262 g/mol. The van der Waals surface area contributed by atoms with Gasteiger partial charge in [-0.25, -0.2) is 0 Å². The molecule has 1 aromatic rings. The van der Waals surface area contributed by atoms with Crippen molar-refractivity contribution in [2.45, 2.75) is 37.8 Å². The normalized spacial score (nSPS) is 17.4. The van der Waals surface area contributed by atoms with Crippen molar-refractivity contribution in [1.82, 2.24) is 4.90 Å². The topological polar surface area (TPSA) is 66.6 Å². The van der Waals surface area contributed by atoms with Gasteiger partial charge < -0.3 is 15.7 Å². The van der Waals surface area contributed by atoms with Gasteiger partial charge in [0.05, 0.1) is 6.61 Å². The van der Waals surface area contributed by atoms with Crippen LogP contribution in [0.15, 0.2) is 30.3 Å². The minimum atomic E-state index is -0.631. The molecule has 1 amide bonds. The summed E-state index contributed by atoms with van der Waals surface area (Å²) in [5, 5.41) is 9.16. The van der Waals surface area contributed by atoms with Gasteiger partial charge >= 0.3 is 0 Å². The molecule has 1 aliphatic carbocycles. The van der Waals surface area contributed by atoms with E-state index in [1.165, 1.54) is 0 Å². The third-order valence-electron chi connectivity index (χ3n) is 3.81. The van der Waals surface area contributed by atoms with Crippen molar-refractivity contribution < 1.29 is 9.90 Å². The lowest BCUT2D eigenvalue weighted by Crippen LogP contribution is -2.45. The van der Waals surface area contributed by atoms with Gasteiger partial charge in [0.15, 0.2) is 0 Å². The smallest absolute Gasteiger partial charge is 0.244 e. The van der Waals surface area contributed by atoms with Gasteiger partial charge in [0.25, 0.3) is 0 Å². The monoisotopic (exact) mass is 262 g/mol. The van der Waals surface area contributed by atoms with Crippen molar-refractivity contribution in [3.05, 3.63) is 35.9 Å². The van der Waals surface area contributed by atoms with Gasteiger partial charge in [-0.3, -0.25) is 4.79 Å². The summed E-state index contributed by atoms with van der Waals surface area (Å²) in [7, 11) is 0. The molecule has 0 aliphatic heterocycles. The van der Waals surface area contributed by atoms with Crippen LogP contribution in [0.1, 0.15) is 37.3 Å². The van der Waals surface area contributed by atoms with E-state index in [4.69, 9.17) is 10.8 Å². The number of amides is 1. The number of benzene rings is 1. The van der Waals surface area contributed by atoms with E-state index in [1.807, 2.05) is 30.3 Å². The van der Waals surface area contributed by atoms with Crippen LogP contribution in [0.2, 0.25) is 0 Å². The Balaban J connectivity index is 2.10. The highest BCUT2D eigenvalue weighted by molar-refractivity contribution is 5.83. The zero-order chi connectivity index (χ0) is 13.7. The summed E-state index contributed by atoms with van der Waals surface area (Å²) in [6.45, 7) is 0.369. The molecule has 19 heavy (non-hydrogen) atoms. The number of aliphatic hydroxyl groups is 1. The maximum absolute atomic E-state index is 12.5. The zero-order valence-electron chi connectivity index (χ0n) is 11.2.